The lowest BCUT2D eigenvalue weighted by Crippen LogP contribution is -2.46. The van der Waals surface area contributed by atoms with Crippen LogP contribution in [0, 0.1) is 0 Å². The number of ether oxygens (including phenoxy) is 2. The fourth-order valence-electron chi connectivity index (χ4n) is 2.91. The summed E-state index contributed by atoms with van der Waals surface area (Å²) in [4.78, 5) is 25.8. The van der Waals surface area contributed by atoms with E-state index < -0.39 is 0 Å². The van der Waals surface area contributed by atoms with Gasteiger partial charge in [-0.1, -0.05) is 5.21 Å². The van der Waals surface area contributed by atoms with Crippen LogP contribution in [0.3, 0.4) is 0 Å². The topological polar surface area (TPSA) is 98.6 Å². The van der Waals surface area contributed by atoms with E-state index in [1.807, 2.05) is 24.3 Å². The highest BCUT2D eigenvalue weighted by Crippen LogP contribution is 2.15. The SMILES string of the molecule is CCOC(=O)N1CCC(NC(=O)c2cn(-c3ccc(OC)cc3)nn2)CC1. The van der Waals surface area contributed by atoms with Crippen molar-refractivity contribution >= 4 is 12.0 Å². The molecule has 1 aliphatic rings. The van der Waals surface area contributed by atoms with E-state index in [0.29, 0.717) is 32.5 Å². The molecular weight excluding hydrogens is 350 g/mol. The Morgan fingerprint density at radius 2 is 1.93 bits per heavy atom. The van der Waals surface area contributed by atoms with Gasteiger partial charge >= 0.3 is 6.09 Å². The Kier molecular flexibility index (Phi) is 5.90. The van der Waals surface area contributed by atoms with Gasteiger partial charge in [-0.25, -0.2) is 9.48 Å². The summed E-state index contributed by atoms with van der Waals surface area (Å²) in [5.74, 6) is 0.468. The molecule has 2 aromatic rings. The van der Waals surface area contributed by atoms with Crippen molar-refractivity contribution in [2.75, 3.05) is 26.8 Å². The molecule has 2 amide bonds. The zero-order valence-electron chi connectivity index (χ0n) is 15.4. The van der Waals surface area contributed by atoms with E-state index in [1.165, 1.54) is 4.68 Å². The predicted octanol–water partition coefficient (Wildman–Crippen LogP) is 1.63. The number of nitrogens with zero attached hydrogens (tertiary/aromatic N) is 4. The van der Waals surface area contributed by atoms with Crippen LogP contribution in [0.25, 0.3) is 5.69 Å². The normalized spacial score (nSPS) is 14.7. The number of hydrogen-bond donors (Lipinski definition) is 1. The van der Waals surface area contributed by atoms with Crippen LogP contribution in [-0.2, 0) is 4.74 Å². The molecule has 1 aromatic heterocycles. The molecular formula is C18H23N5O4. The third-order valence-electron chi connectivity index (χ3n) is 4.42. The minimum Gasteiger partial charge on any atom is -0.497 e. The summed E-state index contributed by atoms with van der Waals surface area (Å²) in [6, 6.07) is 7.29. The van der Waals surface area contributed by atoms with E-state index in [1.54, 1.807) is 25.1 Å². The number of amides is 2. The summed E-state index contributed by atoms with van der Waals surface area (Å²) in [5, 5.41) is 10.9. The number of hydrogen-bond acceptors (Lipinski definition) is 6. The maximum Gasteiger partial charge on any atom is 0.409 e. The van der Waals surface area contributed by atoms with Crippen LogP contribution in [0.4, 0.5) is 4.79 Å². The lowest BCUT2D eigenvalue weighted by Gasteiger charge is -2.31. The maximum atomic E-state index is 12.4. The van der Waals surface area contributed by atoms with Gasteiger partial charge in [-0.15, -0.1) is 5.10 Å². The van der Waals surface area contributed by atoms with Crippen LogP contribution in [0.1, 0.15) is 30.3 Å². The van der Waals surface area contributed by atoms with E-state index in [-0.39, 0.29) is 23.7 Å². The predicted molar refractivity (Wildman–Crippen MR) is 97.0 cm³/mol. The summed E-state index contributed by atoms with van der Waals surface area (Å²) in [5.41, 5.74) is 1.03. The van der Waals surface area contributed by atoms with Gasteiger partial charge in [0, 0.05) is 19.1 Å². The Labute approximate surface area is 157 Å². The number of nitrogens with one attached hydrogen (secondary N) is 1. The van der Waals surface area contributed by atoms with Gasteiger partial charge in [-0.05, 0) is 44.0 Å². The smallest absolute Gasteiger partial charge is 0.409 e. The van der Waals surface area contributed by atoms with Gasteiger partial charge in [0.2, 0.25) is 0 Å². The summed E-state index contributed by atoms with van der Waals surface area (Å²) in [6.45, 7) is 3.26. The van der Waals surface area contributed by atoms with Crippen molar-refractivity contribution in [2.24, 2.45) is 0 Å². The number of benzene rings is 1. The Morgan fingerprint density at radius 3 is 2.56 bits per heavy atom. The summed E-state index contributed by atoms with van der Waals surface area (Å²) in [6.07, 6.45) is 2.64. The summed E-state index contributed by atoms with van der Waals surface area (Å²) < 4.78 is 11.7. The first-order valence-electron chi connectivity index (χ1n) is 8.90. The molecule has 0 atom stereocenters. The molecule has 0 radical (unpaired) electrons. The van der Waals surface area contributed by atoms with Crippen molar-refractivity contribution in [2.45, 2.75) is 25.8 Å². The van der Waals surface area contributed by atoms with E-state index in [9.17, 15) is 9.59 Å². The van der Waals surface area contributed by atoms with Crippen molar-refractivity contribution in [3.63, 3.8) is 0 Å². The highest BCUT2D eigenvalue weighted by molar-refractivity contribution is 5.92. The molecule has 1 aromatic carbocycles. The first-order chi connectivity index (χ1) is 13.1. The van der Waals surface area contributed by atoms with E-state index in [2.05, 4.69) is 15.6 Å². The number of aromatic nitrogens is 3. The largest absolute Gasteiger partial charge is 0.497 e. The molecule has 3 rings (SSSR count). The molecule has 2 heterocycles. The van der Waals surface area contributed by atoms with Gasteiger partial charge in [0.25, 0.3) is 5.91 Å². The monoisotopic (exact) mass is 373 g/mol. The quantitative estimate of drug-likeness (QED) is 0.855. The van der Waals surface area contributed by atoms with Gasteiger partial charge in [-0.3, -0.25) is 4.79 Å². The van der Waals surface area contributed by atoms with Crippen LogP contribution in [0.5, 0.6) is 5.75 Å². The number of methoxy groups -OCH3 is 1. The lowest BCUT2D eigenvalue weighted by atomic mass is 10.1. The second kappa shape index (κ2) is 8.52. The molecule has 1 N–H and O–H groups in total. The average Bonchev–Trinajstić information content (AvgIpc) is 3.19. The molecule has 9 nitrogen and oxygen atoms in total. The summed E-state index contributed by atoms with van der Waals surface area (Å²) >= 11 is 0. The molecule has 0 saturated carbocycles. The molecule has 1 aliphatic heterocycles. The molecule has 27 heavy (non-hydrogen) atoms. The van der Waals surface area contributed by atoms with Crippen LogP contribution < -0.4 is 10.1 Å². The van der Waals surface area contributed by atoms with Crippen molar-refractivity contribution in [3.8, 4) is 11.4 Å². The second-order valence-electron chi connectivity index (χ2n) is 6.18. The fraction of sp³-hybridized carbons (Fsp3) is 0.444. The molecule has 0 spiro atoms. The van der Waals surface area contributed by atoms with Gasteiger partial charge in [0.05, 0.1) is 25.6 Å². The highest BCUT2D eigenvalue weighted by atomic mass is 16.6. The van der Waals surface area contributed by atoms with E-state index in [4.69, 9.17) is 9.47 Å². The number of likely N-dealkylation sites (tertiary alicyclic amines) is 1. The second-order valence-corrected chi connectivity index (χ2v) is 6.18. The van der Waals surface area contributed by atoms with Crippen molar-refractivity contribution in [3.05, 3.63) is 36.2 Å². The fourth-order valence-corrected chi connectivity index (χ4v) is 2.91. The Bertz CT molecular complexity index is 781. The van der Waals surface area contributed by atoms with Crippen LogP contribution in [0.15, 0.2) is 30.5 Å². The minimum absolute atomic E-state index is 0.00527. The lowest BCUT2D eigenvalue weighted by molar-refractivity contribution is 0.0856. The molecule has 0 aliphatic carbocycles. The molecule has 0 unspecified atom stereocenters. The number of carbonyl (C=O) groups is 2. The molecule has 1 fully saturated rings. The van der Waals surface area contributed by atoms with E-state index >= 15 is 0 Å². The zero-order valence-corrected chi connectivity index (χ0v) is 15.4. The van der Waals surface area contributed by atoms with Crippen LogP contribution in [0.2, 0.25) is 0 Å². The third kappa shape index (κ3) is 4.55. The third-order valence-corrected chi connectivity index (χ3v) is 4.42. The highest BCUT2D eigenvalue weighted by Gasteiger charge is 2.25. The van der Waals surface area contributed by atoms with Gasteiger partial charge in [-0.2, -0.15) is 0 Å². The van der Waals surface area contributed by atoms with Gasteiger partial charge in [0.1, 0.15) is 5.75 Å². The number of rotatable bonds is 5. The first kappa shape index (κ1) is 18.7. The zero-order chi connectivity index (χ0) is 19.2. The van der Waals surface area contributed by atoms with Crippen LogP contribution in [-0.4, -0.2) is 64.7 Å². The summed E-state index contributed by atoms with van der Waals surface area (Å²) in [7, 11) is 1.60. The van der Waals surface area contributed by atoms with Gasteiger partial charge in [0.15, 0.2) is 5.69 Å². The molecule has 1 saturated heterocycles. The number of piperidine rings is 1. The van der Waals surface area contributed by atoms with E-state index in [0.717, 1.165) is 11.4 Å². The van der Waals surface area contributed by atoms with Gasteiger partial charge < -0.3 is 19.7 Å². The average molecular weight is 373 g/mol. The maximum absolute atomic E-state index is 12.4. The molecule has 144 valence electrons. The standard InChI is InChI=1S/C18H23N5O4/c1-3-27-18(25)22-10-8-13(9-11-22)19-17(24)16-12-23(21-20-16)14-4-6-15(26-2)7-5-14/h4-7,12-13H,3,8-11H2,1-2H3,(H,19,24). The minimum atomic E-state index is -0.301. The van der Waals surface area contributed by atoms with Crippen molar-refractivity contribution < 1.29 is 19.1 Å². The van der Waals surface area contributed by atoms with Crippen molar-refractivity contribution in [1.29, 1.82) is 0 Å². The Hall–Kier alpha value is -3.10. The first-order valence-corrected chi connectivity index (χ1v) is 8.90. The molecule has 0 bridgehead atoms. The molecule has 9 heteroatoms. The van der Waals surface area contributed by atoms with Crippen molar-refractivity contribution in [1.82, 2.24) is 25.2 Å². The van der Waals surface area contributed by atoms with Crippen LogP contribution >= 0.6 is 0 Å². The number of carbonyl (C=O) groups excluding carboxylic acids is 2. The Morgan fingerprint density at radius 1 is 1.22 bits per heavy atom. The Balaban J connectivity index is 1.55.